The molecule has 0 aromatic heterocycles. The Balaban J connectivity index is -0.000000274. The van der Waals surface area contributed by atoms with Crippen molar-refractivity contribution >= 4 is 60.3 Å². The van der Waals surface area contributed by atoms with E-state index in [9.17, 15) is 0 Å². The van der Waals surface area contributed by atoms with Gasteiger partial charge in [-0.3, -0.25) is 44.1 Å². The van der Waals surface area contributed by atoms with Crippen molar-refractivity contribution in [3.63, 3.8) is 0 Å². The van der Waals surface area contributed by atoms with Crippen LogP contribution in [0.4, 0.5) is 0 Å². The third-order valence-corrected chi connectivity index (χ3v) is 25.0. The molecule has 0 amide bonds. The number of unbranched alkanes of at least 4 members (excludes halogenated alkanes) is 45. The molecule has 0 saturated carbocycles. The van der Waals surface area contributed by atoms with E-state index in [1.807, 2.05) is 55.8 Å². The lowest BCUT2D eigenvalue weighted by Gasteiger charge is -2.36. The molecule has 137 heavy (non-hydrogen) atoms. The number of nitrogens with zero attached hydrogens (tertiary/aromatic N) is 9. The zero-order valence-corrected chi connectivity index (χ0v) is 91.2. The van der Waals surface area contributed by atoms with Crippen LogP contribution in [0.25, 0.3) is 0 Å². The third kappa shape index (κ3) is 87.5. The van der Waals surface area contributed by atoms with Crippen LogP contribution in [0, 0.1) is 0 Å². The number of rotatable bonds is 63. The minimum atomic E-state index is -5.39. The molecule has 800 valence electrons. The Bertz CT molecular complexity index is 2750. The fraction of sp³-hybridized carbons (Fsp3) is 0.750. The molecule has 9 aliphatic heterocycles. The largest absolute Gasteiger partial charge is 1.00 e. The first-order valence-corrected chi connectivity index (χ1v) is 55.4. The molecule has 0 spiro atoms. The molecule has 0 saturated heterocycles. The Labute approximate surface area is 834 Å². The van der Waals surface area contributed by atoms with Crippen LogP contribution in [0.5, 0.6) is 0 Å². The van der Waals surface area contributed by atoms with Crippen LogP contribution in [0.2, 0.25) is 0 Å². The molecule has 0 radical (unpaired) electrons. The van der Waals surface area contributed by atoms with Crippen LogP contribution in [0.15, 0.2) is 157 Å². The van der Waals surface area contributed by atoms with Gasteiger partial charge >= 0.3 is 0 Å². The summed E-state index contributed by atoms with van der Waals surface area (Å²) in [7, 11) is 14.0. The van der Waals surface area contributed by atoms with E-state index >= 15 is 0 Å². The van der Waals surface area contributed by atoms with Crippen molar-refractivity contribution in [1.82, 2.24) is 0 Å². The van der Waals surface area contributed by atoms with Gasteiger partial charge in [0, 0.05) is 57.8 Å². The lowest BCUT2D eigenvalue weighted by Crippen LogP contribution is -3.06. The van der Waals surface area contributed by atoms with Crippen molar-refractivity contribution in [2.45, 2.75) is 467 Å². The van der Waals surface area contributed by atoms with Crippen LogP contribution >= 0.6 is 7.82 Å². The van der Waals surface area contributed by atoms with E-state index in [1.54, 1.807) is 0 Å². The van der Waals surface area contributed by atoms with Crippen molar-refractivity contribution < 1.29 is 91.6 Å². The van der Waals surface area contributed by atoms with Gasteiger partial charge < -0.3 is 47.5 Å². The minimum Gasteiger partial charge on any atom is -1.00 e. The third-order valence-electron chi connectivity index (χ3n) is 25.0. The van der Waals surface area contributed by atoms with Gasteiger partial charge in [-0.1, -0.05) is 351 Å². The highest BCUT2D eigenvalue weighted by Crippen LogP contribution is 2.16. The standard InChI is InChI=1S/9C12H22N2.6FH.H3O4P/c9*1-3-4-5-6-7-8-9-12-13-10-11-14(12)2;;;;;;;1-5(2,3)4/h9*10-11H,3-9H2,1-2H3;6*1H;(H3,1,2,3,4). The maximum Gasteiger partial charge on any atom is 0.205 e. The number of aliphatic imine (C=N–C) groups is 9. The van der Waals surface area contributed by atoms with E-state index in [1.165, 1.54) is 501 Å². The van der Waals surface area contributed by atoms with E-state index in [0.29, 0.717) is 0 Å². The summed E-state index contributed by atoms with van der Waals surface area (Å²) in [4.78, 5) is 77.0. The fourth-order valence-electron chi connectivity index (χ4n) is 15.9. The summed E-state index contributed by atoms with van der Waals surface area (Å²) >= 11 is 0. The van der Waals surface area contributed by atoms with Gasteiger partial charge in [0.2, 0.25) is 52.5 Å². The number of hydrogen-bond donors (Lipinski definition) is 9. The Morgan fingerprint density at radius 1 is 0.168 bits per heavy atom. The first kappa shape index (κ1) is 144. The maximum absolute atomic E-state index is 8.55. The molecular formula is C108H207F6N18O4P. The first-order valence-electron chi connectivity index (χ1n) is 54.0. The monoisotopic (exact) mass is 1970 g/mol. The van der Waals surface area contributed by atoms with Crippen LogP contribution in [0.1, 0.15) is 467 Å². The fourth-order valence-corrected chi connectivity index (χ4v) is 15.9. The van der Waals surface area contributed by atoms with E-state index in [-0.39, 0.29) is 28.2 Å². The smallest absolute Gasteiger partial charge is 0.205 e. The number of amidine groups is 9. The lowest BCUT2D eigenvalue weighted by atomic mass is 10.1. The van der Waals surface area contributed by atoms with Gasteiger partial charge in [0.15, 0.2) is 0 Å². The molecule has 0 aromatic carbocycles. The summed E-state index contributed by atoms with van der Waals surface area (Å²) in [6.07, 6.45) is 121. The molecule has 9 aliphatic rings. The number of quaternary nitrogens is 9. The Hall–Kier alpha value is -5.98. The molecule has 9 unspecified atom stereocenters. The van der Waals surface area contributed by atoms with Gasteiger partial charge in [-0.25, -0.2) is 44.9 Å². The molecule has 9 N–H and O–H groups in total. The molecule has 0 aromatic rings. The van der Waals surface area contributed by atoms with Crippen LogP contribution < -0.4 is 87.0 Å². The normalized spacial score (nSPS) is 19.0. The SMILES string of the molecule is CCCCCCCCC1=NC=C[NH+]1C.CCCCCCCCC1=NC=C[NH+]1C.CCCCCCCCC1=NC=C[NH+]1C.CCCCCCCCC1=NC=C[NH+]1C.CCCCCCCCC1=NC=C[NH+]1C.CCCCCCCCC1=NC=C[NH+]1C.CCCCCCCCC1=NC=C[NH+]1C.CCCCCCCCC1=NC=C[NH+]1C.CCCCCCCCC1=NC=C[NH+]1C.O=P([O-])([O-])[O-].[F-].[F-].[F-].[F-].[F-].[F-]. The van der Waals surface area contributed by atoms with Gasteiger partial charge in [0.1, 0.15) is 55.8 Å². The van der Waals surface area contributed by atoms with Gasteiger partial charge in [-0.2, -0.15) is 7.82 Å². The molecular weight excluding hydrogens is 1760 g/mol. The van der Waals surface area contributed by atoms with Gasteiger partial charge in [0.25, 0.3) is 0 Å². The second kappa shape index (κ2) is 104. The minimum absolute atomic E-state index is 0. The molecule has 29 heteroatoms. The van der Waals surface area contributed by atoms with Crippen LogP contribution in [-0.4, -0.2) is 116 Å². The summed E-state index contributed by atoms with van der Waals surface area (Å²) in [5.74, 6) is 11.8. The van der Waals surface area contributed by atoms with Gasteiger partial charge in [-0.05, 0) is 57.8 Å². The van der Waals surface area contributed by atoms with Gasteiger partial charge in [0.05, 0.1) is 119 Å². The van der Waals surface area contributed by atoms with E-state index in [0.717, 1.165) is 0 Å². The van der Waals surface area contributed by atoms with Crippen molar-refractivity contribution in [3.05, 3.63) is 112 Å². The average molecular weight is 1970 g/mol. The van der Waals surface area contributed by atoms with E-state index in [4.69, 9.17) is 19.2 Å². The summed E-state index contributed by atoms with van der Waals surface area (Å²) < 4.78 is 8.55. The predicted molar refractivity (Wildman–Crippen MR) is 561 cm³/mol. The molecule has 9 atom stereocenters. The van der Waals surface area contributed by atoms with E-state index in [2.05, 4.69) is 226 Å². The highest BCUT2D eigenvalue weighted by Gasteiger charge is 2.20. The second-order valence-electron chi connectivity index (χ2n) is 37.3. The van der Waals surface area contributed by atoms with Crippen molar-refractivity contribution in [3.8, 4) is 0 Å². The molecule has 9 rings (SSSR count). The molecule has 0 bridgehead atoms. The van der Waals surface area contributed by atoms with Crippen molar-refractivity contribution in [1.29, 1.82) is 0 Å². The van der Waals surface area contributed by atoms with Crippen molar-refractivity contribution in [2.75, 3.05) is 63.4 Å². The Morgan fingerprint density at radius 2 is 0.241 bits per heavy atom. The second-order valence-corrected chi connectivity index (χ2v) is 38.2. The zero-order valence-electron chi connectivity index (χ0n) is 90.3. The Morgan fingerprint density at radius 3 is 0.307 bits per heavy atom. The first-order chi connectivity index (χ1) is 63.6. The number of hydrogen-bond acceptors (Lipinski definition) is 13. The highest BCUT2D eigenvalue weighted by molar-refractivity contribution is 7.40. The zero-order chi connectivity index (χ0) is 96.5. The van der Waals surface area contributed by atoms with Crippen molar-refractivity contribution in [2.24, 2.45) is 44.9 Å². The van der Waals surface area contributed by atoms with Crippen LogP contribution in [0.3, 0.4) is 0 Å². The van der Waals surface area contributed by atoms with Crippen LogP contribution in [-0.2, 0) is 4.57 Å². The molecule has 9 heterocycles. The quantitative estimate of drug-likeness (QED) is 0.0199. The summed E-state index contributed by atoms with van der Waals surface area (Å²) in [6, 6.07) is 0. The number of halogens is 6. The molecule has 0 aliphatic carbocycles. The molecule has 0 fully saturated rings. The number of phosphoric acid groups is 1. The average Bonchev–Trinajstić information content (AvgIpc) is 1.85. The highest BCUT2D eigenvalue weighted by atomic mass is 31.2. The maximum atomic E-state index is 8.55. The predicted octanol–water partition coefficient (Wildman–Crippen LogP) is -1.59. The van der Waals surface area contributed by atoms with E-state index < -0.39 is 7.82 Å². The topological polar surface area (TPSA) is 237 Å². The number of nitrogens with one attached hydrogen (secondary N) is 9. The molecule has 22 nitrogen and oxygen atoms in total. The Kier molecular flexibility index (Phi) is 110. The summed E-state index contributed by atoms with van der Waals surface area (Å²) in [5, 5.41) is 0. The lowest BCUT2D eigenvalue weighted by molar-refractivity contribution is -0.720. The summed E-state index contributed by atoms with van der Waals surface area (Å²) in [6.45, 7) is 20.4. The van der Waals surface area contributed by atoms with Gasteiger partial charge in [-0.15, -0.1) is 0 Å². The summed E-state index contributed by atoms with van der Waals surface area (Å²) in [5.41, 5.74) is 0.